The maximum atomic E-state index is 13.6. The molecule has 6 aliphatic heterocycles. The second-order valence-corrected chi connectivity index (χ2v) is 30.5. The van der Waals surface area contributed by atoms with E-state index in [4.69, 9.17) is 27.2 Å². The Hall–Kier alpha value is -5.53. The van der Waals surface area contributed by atoms with Crippen LogP contribution in [0.15, 0.2) is 87.2 Å². The van der Waals surface area contributed by atoms with Crippen LogP contribution in [-0.4, -0.2) is 159 Å². The number of anilines is 2. The zero-order chi connectivity index (χ0) is 70.4. The number of hydrogen-bond donors (Lipinski definition) is 4. The first-order chi connectivity index (χ1) is 49.3. The number of halogens is 2. The van der Waals surface area contributed by atoms with Crippen molar-refractivity contribution in [3.8, 4) is 0 Å². The number of esters is 2. The monoisotopic (exact) mass is 1480 g/mol. The summed E-state index contributed by atoms with van der Waals surface area (Å²) in [5.41, 5.74) is 9.43. The fourth-order valence-electron chi connectivity index (χ4n) is 19.7. The molecule has 3 aromatic carbocycles. The molecule has 0 radical (unpaired) electrons. The van der Waals surface area contributed by atoms with Crippen molar-refractivity contribution in [3.63, 3.8) is 0 Å². The molecule has 6 bridgehead atoms. The van der Waals surface area contributed by atoms with Gasteiger partial charge in [0.1, 0.15) is 13.1 Å². The molecule has 22 nitrogen and oxygen atoms in total. The molecule has 104 heavy (non-hydrogen) atoms. The maximum absolute atomic E-state index is 13.6. The minimum Gasteiger partial charge on any atom is -0.870 e. The van der Waals surface area contributed by atoms with Crippen LogP contribution in [0.2, 0.25) is 5.15 Å². The summed E-state index contributed by atoms with van der Waals surface area (Å²) in [7, 11) is 0. The molecule has 0 amide bonds. The van der Waals surface area contributed by atoms with Gasteiger partial charge in [-0.25, -0.2) is 15.0 Å². The number of carbonyl (C=O) groups is 3. The Kier molecular flexibility index (Phi) is 31.8. The number of para-hydroxylation sites is 6. The topological polar surface area (TPSA) is 284 Å². The summed E-state index contributed by atoms with van der Waals surface area (Å²) >= 11 is 6.23. The first-order valence-electron chi connectivity index (χ1n) is 39.0. The van der Waals surface area contributed by atoms with Crippen LogP contribution in [0.5, 0.6) is 0 Å². The van der Waals surface area contributed by atoms with Crippen LogP contribution in [0.3, 0.4) is 0 Å². The van der Waals surface area contributed by atoms with Crippen molar-refractivity contribution >= 4 is 86.7 Å². The van der Waals surface area contributed by atoms with Gasteiger partial charge in [-0.05, 0) is 166 Å². The Balaban J connectivity index is 0.000000171. The number of nitrogens with one attached hydrogen (secondary N) is 2. The zero-order valence-corrected chi connectivity index (χ0v) is 65.3. The molecule has 9 fully saturated rings. The van der Waals surface area contributed by atoms with Gasteiger partial charge in [-0.2, -0.15) is 0 Å². The zero-order valence-electron chi connectivity index (χ0n) is 61.8. The third kappa shape index (κ3) is 19.8. The molecular formula is C79H113Cl2N12NaO10. The second-order valence-electron chi connectivity index (χ2n) is 30.1. The molecule has 3 saturated carbocycles. The summed E-state index contributed by atoms with van der Waals surface area (Å²) in [5.74, 6) is -1.35. The molecule has 6 aromatic rings. The van der Waals surface area contributed by atoms with Crippen molar-refractivity contribution in [3.05, 3.63) is 109 Å². The molecule has 3 aromatic heterocycles. The van der Waals surface area contributed by atoms with Gasteiger partial charge in [0.2, 0.25) is 0 Å². The Morgan fingerprint density at radius 2 is 0.721 bits per heavy atom. The first kappa shape index (κ1) is 82.5. The van der Waals surface area contributed by atoms with Crippen LogP contribution in [0.25, 0.3) is 33.1 Å². The van der Waals surface area contributed by atoms with Gasteiger partial charge in [0, 0.05) is 72.5 Å². The Bertz CT molecular complexity index is 3910. The maximum Gasteiger partial charge on any atom is 1.00 e. The smallest absolute Gasteiger partial charge is 0.870 e. The summed E-state index contributed by atoms with van der Waals surface area (Å²) in [6.45, 7) is 3.86. The van der Waals surface area contributed by atoms with Crippen molar-refractivity contribution < 1.29 is 64.0 Å². The van der Waals surface area contributed by atoms with Crippen molar-refractivity contribution in [1.29, 1.82) is 0 Å². The van der Waals surface area contributed by atoms with Gasteiger partial charge in [-0.15, -0.1) is 12.4 Å². The Morgan fingerprint density at radius 3 is 1.03 bits per heavy atom. The molecule has 25 heteroatoms. The number of fused-ring (bicyclic) bond motifs is 9. The van der Waals surface area contributed by atoms with Crippen molar-refractivity contribution in [2.45, 2.75) is 298 Å². The number of ether oxygens (including phenoxy) is 2. The van der Waals surface area contributed by atoms with E-state index >= 15 is 0 Å². The predicted molar refractivity (Wildman–Crippen MR) is 408 cm³/mol. The summed E-state index contributed by atoms with van der Waals surface area (Å²) in [6, 6.07) is 29.6. The van der Waals surface area contributed by atoms with Gasteiger partial charge < -0.3 is 50.1 Å². The number of carbonyl (C=O) groups excluding carboxylic acids is 2. The summed E-state index contributed by atoms with van der Waals surface area (Å²) < 4.78 is 15.3. The quantitative estimate of drug-likeness (QED) is 0.0549. The van der Waals surface area contributed by atoms with E-state index in [-0.39, 0.29) is 131 Å². The van der Waals surface area contributed by atoms with Crippen molar-refractivity contribution in [2.24, 2.45) is 5.73 Å². The average molecular weight is 1480 g/mol. The SMILES string of the molecule is CCOC(=O)CN.CCOC(=O)CNc1nc2ccccc2n(C2C[C@H]3CC[C@@H](C2)N3C2CCCCCCC2)c1=O.Cl.O=C(O)CNc1nc2ccccc2n(C2C[C@H]3CC[C@@H](C2)N3C2CCCCCCC2)c1=O.O=c1c(Cl)nc2ccccc2n1C1C[C@H]2CC[C@@H](C1)N2C1CCCCCCC1.[Na+].[OH-]. The predicted octanol–water partition coefficient (Wildman–Crippen LogP) is 10.9. The number of nitrogens with two attached hydrogens (primary N) is 1. The van der Waals surface area contributed by atoms with E-state index < -0.39 is 5.97 Å². The number of carboxylic acid groups (broad SMARTS) is 1. The fraction of sp³-hybridized carbons (Fsp3) is 0.658. The number of piperidine rings is 3. The van der Waals surface area contributed by atoms with E-state index in [1.54, 1.807) is 13.8 Å². The number of aliphatic carboxylic acids is 1. The minimum absolute atomic E-state index is 0. The van der Waals surface area contributed by atoms with Crippen LogP contribution in [0, 0.1) is 0 Å². The standard InChI is InChI=1S/C27H38N4O3.C25H34N4O3.C23H30ClN3O.C4H9NO2.ClH.Na.H2O/c1-2-34-25(32)18-28-26-27(33)31(24-13-9-8-12-23(24)29-26)22-16-20-14-15-21(17-22)30(20)19-10-6-4-3-5-7-11-19;30-23(31)16-26-24-25(32)29(22-11-7-6-10-21(22)27-24)20-14-18-12-13-19(15-20)28(18)17-8-4-2-1-3-5-9-17;24-22-23(28)27(21-11-7-6-10-20(21)25-22)19-14-17-12-13-18(15-19)26(17)16-8-4-2-1-3-5-9-16;1-2-7-4(6)3-5;;;/h8-9,12-13,19-22H,2-7,10-11,14-18H2,1H3,(H,28,29);6-7,10-11,17-20H,1-5,8-9,12-16H2,(H,26,27)(H,30,31);6-7,10-11,16-19H,1-5,8-9,12-15H2;2-3,5H2,1H3;1H;;1H2/q;;;;;+1;/p-1/t20-,21+,22?;18-,19+,20?;17-,18+,19?;;;;. The average Bonchev–Trinajstić information content (AvgIpc) is 1.39. The molecule has 0 spiro atoms. The molecule has 15 rings (SSSR count). The van der Waals surface area contributed by atoms with Crippen LogP contribution >= 0.6 is 24.0 Å². The number of aromatic nitrogens is 6. The number of rotatable bonds is 15. The van der Waals surface area contributed by atoms with Crippen LogP contribution in [-0.2, 0) is 23.9 Å². The molecule has 564 valence electrons. The minimum atomic E-state index is -1.00. The van der Waals surface area contributed by atoms with Gasteiger partial charge in [-0.3, -0.25) is 43.5 Å². The third-order valence-electron chi connectivity index (χ3n) is 23.8. The van der Waals surface area contributed by atoms with E-state index in [2.05, 4.69) is 45.0 Å². The van der Waals surface area contributed by atoms with E-state index in [9.17, 15) is 28.8 Å². The van der Waals surface area contributed by atoms with Crippen molar-refractivity contribution in [2.75, 3.05) is 43.5 Å². The van der Waals surface area contributed by atoms with Gasteiger partial charge in [0.05, 0.1) is 52.9 Å². The van der Waals surface area contributed by atoms with Crippen LogP contribution < -0.4 is 62.6 Å². The van der Waals surface area contributed by atoms with Gasteiger partial charge in [-0.1, -0.05) is 144 Å². The molecule has 6 N–H and O–H groups in total. The Morgan fingerprint density at radius 1 is 0.433 bits per heavy atom. The van der Waals surface area contributed by atoms with E-state index in [1.807, 2.05) is 86.5 Å². The van der Waals surface area contributed by atoms with Crippen LogP contribution in [0.1, 0.15) is 244 Å². The van der Waals surface area contributed by atoms with Gasteiger partial charge in [0.15, 0.2) is 16.8 Å². The van der Waals surface area contributed by atoms with Crippen LogP contribution in [0.4, 0.5) is 11.6 Å². The van der Waals surface area contributed by atoms with E-state index in [0.717, 1.165) is 77.7 Å². The third-order valence-corrected chi connectivity index (χ3v) is 24.1. The molecule has 9 heterocycles. The Labute approximate surface area is 646 Å². The number of nitrogens with zero attached hydrogens (tertiary/aromatic N) is 9. The largest absolute Gasteiger partial charge is 1.00 e. The first-order valence-corrected chi connectivity index (χ1v) is 39.4. The summed E-state index contributed by atoms with van der Waals surface area (Å²) in [5, 5.41) is 14.9. The summed E-state index contributed by atoms with van der Waals surface area (Å²) in [6.07, 6.45) is 42.3. The van der Waals surface area contributed by atoms with E-state index in [1.165, 1.54) is 173 Å². The molecule has 9 atom stereocenters. The second kappa shape index (κ2) is 40.1. The molecule has 3 aliphatic carbocycles. The molecular weight excluding hydrogens is 1370 g/mol. The number of hydrogen-bond acceptors (Lipinski definition) is 18. The molecule has 6 saturated heterocycles. The van der Waals surface area contributed by atoms with Gasteiger partial charge in [0.25, 0.3) is 16.7 Å². The van der Waals surface area contributed by atoms with E-state index in [0.29, 0.717) is 61.5 Å². The molecule has 3 unspecified atom stereocenters. The fourth-order valence-corrected chi connectivity index (χ4v) is 19.9. The molecule has 9 aliphatic rings. The number of carboxylic acids is 1. The normalized spacial score (nSPS) is 25.5. The summed E-state index contributed by atoms with van der Waals surface area (Å²) in [4.78, 5) is 94.9. The van der Waals surface area contributed by atoms with Gasteiger partial charge >= 0.3 is 47.5 Å². The number of benzene rings is 3. The van der Waals surface area contributed by atoms with Crippen molar-refractivity contribution in [1.82, 2.24) is 43.4 Å².